The summed E-state index contributed by atoms with van der Waals surface area (Å²) in [5.74, 6) is -0.770. The van der Waals surface area contributed by atoms with Gasteiger partial charge in [0.1, 0.15) is 18.5 Å². The fraction of sp³-hybridized carbons (Fsp3) is 0.375. The highest BCUT2D eigenvalue weighted by Crippen LogP contribution is 2.34. The number of halogens is 3. The Balaban J connectivity index is 1.78. The van der Waals surface area contributed by atoms with Crippen LogP contribution in [-0.4, -0.2) is 37.3 Å². The number of nitrogens with zero attached hydrogens (tertiary/aromatic N) is 6. The summed E-state index contributed by atoms with van der Waals surface area (Å²) in [6.45, 7) is 1.21. The van der Waals surface area contributed by atoms with Gasteiger partial charge in [0.15, 0.2) is 0 Å². The third kappa shape index (κ3) is 3.01. The van der Waals surface area contributed by atoms with Crippen molar-refractivity contribution in [3.8, 4) is 0 Å². The van der Waals surface area contributed by atoms with Crippen molar-refractivity contribution in [2.24, 2.45) is 0 Å². The van der Waals surface area contributed by atoms with E-state index in [0.717, 1.165) is 12.8 Å². The molecule has 3 aromatic rings. The first-order valence-electron chi connectivity index (χ1n) is 7.95. The zero-order valence-corrected chi connectivity index (χ0v) is 13.2. The van der Waals surface area contributed by atoms with E-state index in [1.165, 1.54) is 6.33 Å². The molecule has 130 valence electrons. The van der Waals surface area contributed by atoms with Crippen LogP contribution in [0.1, 0.15) is 18.7 Å². The van der Waals surface area contributed by atoms with Crippen LogP contribution in [0.4, 0.5) is 19.0 Å². The number of rotatable bonds is 3. The van der Waals surface area contributed by atoms with Gasteiger partial charge in [0.25, 0.3) is 0 Å². The number of alkyl halides is 3. The van der Waals surface area contributed by atoms with E-state index in [0.29, 0.717) is 29.8 Å². The van der Waals surface area contributed by atoms with Gasteiger partial charge < -0.3 is 4.90 Å². The van der Waals surface area contributed by atoms with Crippen LogP contribution in [0.25, 0.3) is 10.9 Å². The molecule has 0 radical (unpaired) electrons. The largest absolute Gasteiger partial charge is 0.451 e. The standard InChI is InChI=1S/C16H15F3N6/c17-16(18,19)15-22-13-6-2-1-5-12(13)14(23-15)25-7-3-4-11(25)8-24-10-20-9-21-24/h1-2,5-6,9-11H,3-4,7-8H2/t11-/m1/s1. The predicted octanol–water partition coefficient (Wildman–Crippen LogP) is 2.91. The molecule has 0 N–H and O–H groups in total. The van der Waals surface area contributed by atoms with E-state index < -0.39 is 12.0 Å². The molecule has 1 atom stereocenters. The number of anilines is 1. The second-order valence-electron chi connectivity index (χ2n) is 5.99. The van der Waals surface area contributed by atoms with Crippen molar-refractivity contribution in [1.82, 2.24) is 24.7 Å². The van der Waals surface area contributed by atoms with Crippen LogP contribution >= 0.6 is 0 Å². The molecular formula is C16H15F3N6. The lowest BCUT2D eigenvalue weighted by atomic mass is 10.2. The van der Waals surface area contributed by atoms with Crippen LogP contribution in [0.5, 0.6) is 0 Å². The molecule has 25 heavy (non-hydrogen) atoms. The molecule has 3 heterocycles. The molecule has 0 spiro atoms. The van der Waals surface area contributed by atoms with E-state index in [-0.39, 0.29) is 6.04 Å². The highest BCUT2D eigenvalue weighted by Gasteiger charge is 2.37. The average molecular weight is 348 g/mol. The molecule has 1 fully saturated rings. The van der Waals surface area contributed by atoms with Gasteiger partial charge in [-0.25, -0.2) is 15.0 Å². The molecule has 0 saturated carbocycles. The van der Waals surface area contributed by atoms with Crippen LogP contribution in [0.3, 0.4) is 0 Å². The number of benzene rings is 1. The van der Waals surface area contributed by atoms with Crippen LogP contribution in [0.2, 0.25) is 0 Å². The maximum Gasteiger partial charge on any atom is 0.451 e. The lowest BCUT2D eigenvalue weighted by Gasteiger charge is -2.27. The monoisotopic (exact) mass is 348 g/mol. The molecule has 1 aromatic carbocycles. The van der Waals surface area contributed by atoms with Gasteiger partial charge in [-0.3, -0.25) is 4.68 Å². The first-order valence-corrected chi connectivity index (χ1v) is 7.95. The lowest BCUT2D eigenvalue weighted by molar-refractivity contribution is -0.144. The molecule has 0 amide bonds. The smallest absolute Gasteiger partial charge is 0.351 e. The third-order valence-electron chi connectivity index (χ3n) is 4.35. The quantitative estimate of drug-likeness (QED) is 0.728. The molecular weight excluding hydrogens is 333 g/mol. The third-order valence-corrected chi connectivity index (χ3v) is 4.35. The van der Waals surface area contributed by atoms with Crippen molar-refractivity contribution in [2.75, 3.05) is 11.4 Å². The molecule has 0 aliphatic carbocycles. The normalized spacial score (nSPS) is 18.2. The van der Waals surface area contributed by atoms with Crippen molar-refractivity contribution in [3.63, 3.8) is 0 Å². The highest BCUT2D eigenvalue weighted by atomic mass is 19.4. The van der Waals surface area contributed by atoms with Crippen molar-refractivity contribution in [2.45, 2.75) is 31.6 Å². The second kappa shape index (κ2) is 5.98. The van der Waals surface area contributed by atoms with Gasteiger partial charge in [-0.15, -0.1) is 0 Å². The van der Waals surface area contributed by atoms with Crippen LogP contribution in [0, 0.1) is 0 Å². The molecule has 0 bridgehead atoms. The summed E-state index contributed by atoms with van der Waals surface area (Å²) in [5.41, 5.74) is 0.297. The van der Waals surface area contributed by atoms with Crippen molar-refractivity contribution >= 4 is 16.7 Å². The second-order valence-corrected chi connectivity index (χ2v) is 5.99. The minimum absolute atomic E-state index is 0.0149. The summed E-state index contributed by atoms with van der Waals surface area (Å²) in [7, 11) is 0. The van der Waals surface area contributed by atoms with Gasteiger partial charge in [0.2, 0.25) is 5.82 Å². The van der Waals surface area contributed by atoms with E-state index >= 15 is 0 Å². The average Bonchev–Trinajstić information content (AvgIpc) is 3.25. The van der Waals surface area contributed by atoms with Crippen molar-refractivity contribution in [3.05, 3.63) is 42.7 Å². The zero-order chi connectivity index (χ0) is 17.4. The Labute approximate surface area is 141 Å². The van der Waals surface area contributed by atoms with Crippen molar-refractivity contribution < 1.29 is 13.2 Å². The SMILES string of the molecule is FC(F)(F)c1nc(N2CCC[C@@H]2Cn2cncn2)c2ccccc2n1. The number of aromatic nitrogens is 5. The van der Waals surface area contributed by atoms with Gasteiger partial charge in [-0.2, -0.15) is 18.3 Å². The molecule has 2 aromatic heterocycles. The fourth-order valence-electron chi connectivity index (χ4n) is 3.25. The van der Waals surface area contributed by atoms with Crippen molar-refractivity contribution in [1.29, 1.82) is 0 Å². The molecule has 1 saturated heterocycles. The summed E-state index contributed by atoms with van der Waals surface area (Å²) < 4.78 is 41.3. The van der Waals surface area contributed by atoms with Gasteiger partial charge in [0, 0.05) is 11.9 Å². The highest BCUT2D eigenvalue weighted by molar-refractivity contribution is 5.89. The van der Waals surface area contributed by atoms with Crippen LogP contribution < -0.4 is 4.90 Å². The Morgan fingerprint density at radius 3 is 2.76 bits per heavy atom. The predicted molar refractivity (Wildman–Crippen MR) is 84.9 cm³/mol. The minimum Gasteiger partial charge on any atom is -0.351 e. The topological polar surface area (TPSA) is 59.7 Å². The molecule has 1 aliphatic heterocycles. The zero-order valence-electron chi connectivity index (χ0n) is 13.2. The van der Waals surface area contributed by atoms with E-state index in [1.807, 2.05) is 4.90 Å². The van der Waals surface area contributed by atoms with Gasteiger partial charge in [-0.1, -0.05) is 12.1 Å². The lowest BCUT2D eigenvalue weighted by Crippen LogP contribution is -2.34. The number of hydrogen-bond acceptors (Lipinski definition) is 5. The molecule has 1 aliphatic rings. The van der Waals surface area contributed by atoms with Gasteiger partial charge >= 0.3 is 6.18 Å². The maximum absolute atomic E-state index is 13.2. The van der Waals surface area contributed by atoms with E-state index in [1.54, 1.807) is 35.3 Å². The van der Waals surface area contributed by atoms with E-state index in [4.69, 9.17) is 0 Å². The summed E-state index contributed by atoms with van der Waals surface area (Å²) in [4.78, 5) is 13.4. The Kier molecular flexibility index (Phi) is 3.78. The summed E-state index contributed by atoms with van der Waals surface area (Å²) in [6, 6.07) is 6.82. The van der Waals surface area contributed by atoms with Crippen LogP contribution in [0.15, 0.2) is 36.9 Å². The number of hydrogen-bond donors (Lipinski definition) is 0. The number of para-hydroxylation sites is 1. The van der Waals surface area contributed by atoms with Gasteiger partial charge in [-0.05, 0) is 25.0 Å². The van der Waals surface area contributed by atoms with E-state index in [2.05, 4.69) is 20.1 Å². The Hall–Kier alpha value is -2.71. The minimum atomic E-state index is -4.58. The first-order chi connectivity index (χ1) is 12.0. The van der Waals surface area contributed by atoms with E-state index in [9.17, 15) is 13.2 Å². The molecule has 4 rings (SSSR count). The summed E-state index contributed by atoms with van der Waals surface area (Å²) in [6.07, 6.45) is 0.218. The van der Waals surface area contributed by atoms with Crippen LogP contribution in [-0.2, 0) is 12.7 Å². The fourth-order valence-corrected chi connectivity index (χ4v) is 3.25. The molecule has 9 heteroatoms. The Morgan fingerprint density at radius 1 is 1.16 bits per heavy atom. The Morgan fingerprint density at radius 2 is 2.00 bits per heavy atom. The van der Waals surface area contributed by atoms with Gasteiger partial charge in [0.05, 0.1) is 18.1 Å². The Bertz CT molecular complexity index is 877. The number of fused-ring (bicyclic) bond motifs is 1. The maximum atomic E-state index is 13.2. The molecule has 6 nitrogen and oxygen atoms in total. The molecule has 0 unspecified atom stereocenters. The summed E-state index contributed by atoms with van der Waals surface area (Å²) in [5, 5.41) is 4.72. The summed E-state index contributed by atoms with van der Waals surface area (Å²) >= 11 is 0. The first kappa shape index (κ1) is 15.8.